The number of hydrogen-bond donors (Lipinski definition) is 1. The van der Waals surface area contributed by atoms with Gasteiger partial charge in [0.15, 0.2) is 17.4 Å². The van der Waals surface area contributed by atoms with E-state index in [-0.39, 0.29) is 28.6 Å². The summed E-state index contributed by atoms with van der Waals surface area (Å²) in [6, 6.07) is 4.03. The molecule has 0 spiro atoms. The molecule has 1 unspecified atom stereocenters. The highest BCUT2D eigenvalue weighted by molar-refractivity contribution is 6.09. The number of fused-ring (bicyclic) bond motifs is 3. The number of aromatic amines is 1. The van der Waals surface area contributed by atoms with Gasteiger partial charge < -0.3 is 4.98 Å². The number of carbonyl (C=O) groups is 2. The fraction of sp³-hybridized carbons (Fsp3) is 0.375. The Kier molecular flexibility index (Phi) is 4.19. The van der Waals surface area contributed by atoms with Crippen molar-refractivity contribution in [3.8, 4) is 24.0 Å². The molecule has 1 aromatic rings. The van der Waals surface area contributed by atoms with Gasteiger partial charge in [0.05, 0.1) is 16.6 Å². The molecule has 0 saturated heterocycles. The lowest BCUT2D eigenvalue weighted by Crippen LogP contribution is -2.53. The lowest BCUT2D eigenvalue weighted by Gasteiger charge is -2.56. The minimum absolute atomic E-state index is 0.0603. The Hall–Kier alpha value is -3.69. The minimum atomic E-state index is -0.843. The van der Waals surface area contributed by atoms with Gasteiger partial charge in [-0.25, -0.2) is 4.98 Å². The molecule has 1 N–H and O–H groups in total. The first-order valence-electron chi connectivity index (χ1n) is 9.78. The van der Waals surface area contributed by atoms with E-state index in [9.17, 15) is 20.1 Å². The summed E-state index contributed by atoms with van der Waals surface area (Å²) in [4.78, 5) is 32.6. The Bertz CT molecular complexity index is 1200. The zero-order valence-electron chi connectivity index (χ0n) is 17.0. The fourth-order valence-electron chi connectivity index (χ4n) is 5.44. The predicted molar refractivity (Wildman–Crippen MR) is 108 cm³/mol. The first-order valence-corrected chi connectivity index (χ1v) is 9.78. The van der Waals surface area contributed by atoms with Gasteiger partial charge in [-0.05, 0) is 42.4 Å². The van der Waals surface area contributed by atoms with Gasteiger partial charge in [0.2, 0.25) is 0 Å². The molecule has 6 nitrogen and oxygen atoms in total. The molecule has 148 valence electrons. The van der Waals surface area contributed by atoms with Crippen LogP contribution in [-0.2, 0) is 9.59 Å². The molecule has 3 atom stereocenters. The minimum Gasteiger partial charge on any atom is -0.338 e. The number of Topliss-reactive ketones (excluding diaryl/α,β-unsaturated/α-hetero) is 1. The van der Waals surface area contributed by atoms with Crippen LogP contribution in [-0.4, -0.2) is 21.5 Å². The standard InChI is InChI=1S/C24H20N4O2/c1-22(2)18-4-6-24(7-5-20-27-8-9-28-20)12-15(13-25)17(29)10-19(24)23(18,3)11-16(14-26)21(22)30/h8-12,18H,4,6H2,1-3H3,(H,27,28)/t18?,23-,24+/m0/s1. The van der Waals surface area contributed by atoms with Crippen molar-refractivity contribution in [3.05, 3.63) is 53.2 Å². The Labute approximate surface area is 175 Å². The number of nitrogens with one attached hydrogen (secondary N) is 1. The van der Waals surface area contributed by atoms with Gasteiger partial charge >= 0.3 is 0 Å². The number of rotatable bonds is 0. The van der Waals surface area contributed by atoms with Crippen molar-refractivity contribution in [1.82, 2.24) is 9.97 Å². The molecule has 3 aliphatic carbocycles. The number of ketones is 2. The second kappa shape index (κ2) is 6.41. The Morgan fingerprint density at radius 3 is 2.50 bits per heavy atom. The van der Waals surface area contributed by atoms with Crippen LogP contribution in [0, 0.1) is 56.7 Å². The number of H-pyrrole nitrogens is 1. The zero-order chi connectivity index (χ0) is 21.7. The Balaban J connectivity index is 1.97. The Morgan fingerprint density at radius 2 is 1.87 bits per heavy atom. The number of imidazole rings is 1. The molecule has 0 radical (unpaired) electrons. The molecule has 30 heavy (non-hydrogen) atoms. The van der Waals surface area contributed by atoms with Crippen LogP contribution in [0.4, 0.5) is 0 Å². The molecule has 6 heteroatoms. The van der Waals surface area contributed by atoms with Gasteiger partial charge in [0.1, 0.15) is 12.1 Å². The number of allylic oxidation sites excluding steroid dienone is 6. The van der Waals surface area contributed by atoms with Gasteiger partial charge in [-0.15, -0.1) is 0 Å². The molecule has 1 heterocycles. The van der Waals surface area contributed by atoms with E-state index in [1.807, 2.05) is 32.9 Å². The molecular weight excluding hydrogens is 376 g/mol. The highest BCUT2D eigenvalue weighted by Crippen LogP contribution is 2.63. The summed E-state index contributed by atoms with van der Waals surface area (Å²) < 4.78 is 0. The van der Waals surface area contributed by atoms with Crippen LogP contribution in [0.2, 0.25) is 0 Å². The van der Waals surface area contributed by atoms with Crippen molar-refractivity contribution in [1.29, 1.82) is 10.5 Å². The first kappa shape index (κ1) is 19.6. The maximum atomic E-state index is 12.9. The van der Waals surface area contributed by atoms with E-state index in [4.69, 9.17) is 0 Å². The lowest BCUT2D eigenvalue weighted by atomic mass is 9.45. The van der Waals surface area contributed by atoms with Gasteiger partial charge in [-0.3, -0.25) is 9.59 Å². The third-order valence-corrected chi connectivity index (χ3v) is 6.83. The maximum absolute atomic E-state index is 12.9. The number of nitriles is 2. The van der Waals surface area contributed by atoms with E-state index in [2.05, 4.69) is 21.8 Å². The number of aromatic nitrogens is 2. The predicted octanol–water partition coefficient (Wildman–Crippen LogP) is 3.18. The summed E-state index contributed by atoms with van der Waals surface area (Å²) in [7, 11) is 0. The highest BCUT2D eigenvalue weighted by Gasteiger charge is 2.59. The second-order valence-corrected chi connectivity index (χ2v) is 8.85. The number of hydrogen-bond acceptors (Lipinski definition) is 5. The van der Waals surface area contributed by atoms with Crippen LogP contribution in [0.5, 0.6) is 0 Å². The summed E-state index contributed by atoms with van der Waals surface area (Å²) in [5.74, 6) is 6.16. The summed E-state index contributed by atoms with van der Waals surface area (Å²) in [5.41, 5.74) is -1.40. The molecule has 4 rings (SSSR count). The molecule has 0 aliphatic heterocycles. The normalized spacial score (nSPS) is 31.5. The molecular formula is C24H20N4O2. The number of carbonyl (C=O) groups excluding carboxylic acids is 2. The quantitative estimate of drug-likeness (QED) is 0.677. The average Bonchev–Trinajstić information content (AvgIpc) is 3.23. The van der Waals surface area contributed by atoms with E-state index >= 15 is 0 Å². The van der Waals surface area contributed by atoms with Gasteiger partial charge in [0.25, 0.3) is 0 Å². The molecule has 3 aliphatic rings. The van der Waals surface area contributed by atoms with Crippen LogP contribution < -0.4 is 0 Å². The molecule has 0 aromatic carbocycles. The highest BCUT2D eigenvalue weighted by atomic mass is 16.1. The van der Waals surface area contributed by atoms with Crippen LogP contribution in [0.3, 0.4) is 0 Å². The summed E-state index contributed by atoms with van der Waals surface area (Å²) >= 11 is 0. The van der Waals surface area contributed by atoms with Crippen molar-refractivity contribution >= 4 is 11.6 Å². The molecule has 1 fully saturated rings. The van der Waals surface area contributed by atoms with E-state index in [0.717, 1.165) is 5.57 Å². The summed E-state index contributed by atoms with van der Waals surface area (Å²) in [6.45, 7) is 5.70. The molecule has 0 amide bonds. The van der Waals surface area contributed by atoms with Crippen LogP contribution in [0.1, 0.15) is 39.4 Å². The molecule has 1 aromatic heterocycles. The monoisotopic (exact) mass is 396 g/mol. The van der Waals surface area contributed by atoms with Crippen molar-refractivity contribution in [3.63, 3.8) is 0 Å². The van der Waals surface area contributed by atoms with Crippen LogP contribution >= 0.6 is 0 Å². The molecule has 1 saturated carbocycles. The number of nitrogens with zero attached hydrogens (tertiary/aromatic N) is 3. The van der Waals surface area contributed by atoms with E-state index in [1.54, 1.807) is 24.5 Å². The third-order valence-electron chi connectivity index (χ3n) is 6.83. The van der Waals surface area contributed by atoms with Crippen LogP contribution in [0.15, 0.2) is 47.3 Å². The van der Waals surface area contributed by atoms with Crippen molar-refractivity contribution < 1.29 is 9.59 Å². The fourth-order valence-corrected chi connectivity index (χ4v) is 5.44. The second-order valence-electron chi connectivity index (χ2n) is 8.85. The lowest BCUT2D eigenvalue weighted by molar-refractivity contribution is -0.130. The van der Waals surface area contributed by atoms with Gasteiger partial charge in [-0.2, -0.15) is 10.5 Å². The maximum Gasteiger partial charge on any atom is 0.196 e. The van der Waals surface area contributed by atoms with Gasteiger partial charge in [0, 0.05) is 23.2 Å². The van der Waals surface area contributed by atoms with Crippen LogP contribution in [0.25, 0.3) is 0 Å². The van der Waals surface area contributed by atoms with E-state index in [0.29, 0.717) is 18.7 Å². The SMILES string of the molecule is CC1(C)C(=O)C(C#N)=C[C@]2(C)C3=CC(=O)C(C#N)=C[C@]3(C#Cc3ncc[nH]3)CCC12. The van der Waals surface area contributed by atoms with Crippen molar-refractivity contribution in [2.45, 2.75) is 33.6 Å². The third kappa shape index (κ3) is 2.60. The average molecular weight is 396 g/mol. The zero-order valence-corrected chi connectivity index (χ0v) is 17.0. The van der Waals surface area contributed by atoms with Gasteiger partial charge in [-0.1, -0.05) is 32.8 Å². The molecule has 0 bridgehead atoms. The topological polar surface area (TPSA) is 110 Å². The van der Waals surface area contributed by atoms with E-state index < -0.39 is 16.2 Å². The first-order chi connectivity index (χ1) is 14.2. The van der Waals surface area contributed by atoms with E-state index in [1.165, 1.54) is 6.08 Å². The Morgan fingerprint density at radius 1 is 1.13 bits per heavy atom. The van der Waals surface area contributed by atoms with Crippen molar-refractivity contribution in [2.75, 3.05) is 0 Å². The van der Waals surface area contributed by atoms with Crippen molar-refractivity contribution in [2.24, 2.45) is 22.2 Å². The smallest absolute Gasteiger partial charge is 0.196 e. The largest absolute Gasteiger partial charge is 0.338 e. The summed E-state index contributed by atoms with van der Waals surface area (Å²) in [5, 5.41) is 19.1. The summed E-state index contributed by atoms with van der Waals surface area (Å²) in [6.07, 6.45) is 9.38.